The van der Waals surface area contributed by atoms with Gasteiger partial charge in [0.15, 0.2) is 0 Å². The van der Waals surface area contributed by atoms with E-state index in [1.807, 2.05) is 24.3 Å². The molecule has 0 aliphatic rings. The minimum Gasteiger partial charge on any atom is -0.444 e. The number of hydrogen-bond donors (Lipinski definition) is 2. The van der Waals surface area contributed by atoms with Crippen LogP contribution in [0.1, 0.15) is 38.0 Å². The summed E-state index contributed by atoms with van der Waals surface area (Å²) in [5.74, 6) is 1.10. The molecule has 1 unspecified atom stereocenters. The zero-order valence-corrected chi connectivity index (χ0v) is 20.9. The van der Waals surface area contributed by atoms with Crippen molar-refractivity contribution in [3.63, 3.8) is 0 Å². The first kappa shape index (κ1) is 26.5. The summed E-state index contributed by atoms with van der Waals surface area (Å²) >= 11 is 6.07. The molecule has 0 bridgehead atoms. The number of aliphatic hydroxyl groups is 2. The van der Waals surface area contributed by atoms with Gasteiger partial charge in [0, 0.05) is 17.3 Å². The highest BCUT2D eigenvalue weighted by Gasteiger charge is 2.30. The van der Waals surface area contributed by atoms with Gasteiger partial charge in [-0.25, -0.2) is 9.78 Å². The molecular weight excluding hydrogens is 468 g/mol. The molecule has 0 saturated carbocycles. The van der Waals surface area contributed by atoms with Crippen LogP contribution < -0.4 is 4.74 Å². The zero-order valence-electron chi connectivity index (χ0n) is 20.1. The smallest absolute Gasteiger partial charge is 0.410 e. The van der Waals surface area contributed by atoms with Crippen molar-refractivity contribution in [1.29, 1.82) is 0 Å². The van der Waals surface area contributed by atoms with Gasteiger partial charge in [0.05, 0.1) is 25.3 Å². The van der Waals surface area contributed by atoms with Crippen LogP contribution in [0.4, 0.5) is 4.79 Å². The lowest BCUT2D eigenvalue weighted by Crippen LogP contribution is -2.48. The topological polar surface area (TPSA) is 92.1 Å². The Kier molecular flexibility index (Phi) is 9.09. The number of ether oxygens (including phenoxy) is 2. The minimum atomic E-state index is -1.01. The predicted octanol–water partition coefficient (Wildman–Crippen LogP) is 5.40. The molecule has 0 radical (unpaired) electrons. The second kappa shape index (κ2) is 12.0. The Morgan fingerprint density at radius 2 is 1.83 bits per heavy atom. The molecule has 0 spiro atoms. The molecule has 1 aromatic heterocycles. The number of hydrogen-bond acceptors (Lipinski definition) is 6. The number of aliphatic hydroxyl groups excluding tert-OH is 2. The normalized spacial score (nSPS) is 13.1. The zero-order chi connectivity index (χ0) is 25.4. The van der Waals surface area contributed by atoms with Crippen molar-refractivity contribution in [2.45, 2.75) is 44.9 Å². The van der Waals surface area contributed by atoms with Crippen LogP contribution in [0, 0.1) is 0 Å². The summed E-state index contributed by atoms with van der Waals surface area (Å²) in [4.78, 5) is 18.6. The fourth-order valence-corrected chi connectivity index (χ4v) is 3.66. The van der Waals surface area contributed by atoms with Crippen LogP contribution in [-0.4, -0.2) is 51.0 Å². The largest absolute Gasteiger partial charge is 0.444 e. The maximum Gasteiger partial charge on any atom is 0.410 e. The van der Waals surface area contributed by atoms with E-state index in [0.29, 0.717) is 28.6 Å². The molecule has 3 aromatic rings. The van der Waals surface area contributed by atoms with E-state index in [1.165, 1.54) is 4.90 Å². The third-order valence-electron chi connectivity index (χ3n) is 5.14. The Morgan fingerprint density at radius 1 is 1.09 bits per heavy atom. The van der Waals surface area contributed by atoms with Gasteiger partial charge in [-0.3, -0.25) is 4.90 Å². The van der Waals surface area contributed by atoms with Gasteiger partial charge < -0.3 is 19.7 Å². The van der Waals surface area contributed by atoms with E-state index in [9.17, 15) is 15.0 Å². The number of pyridine rings is 1. The Hall–Kier alpha value is -3.13. The monoisotopic (exact) mass is 498 g/mol. The van der Waals surface area contributed by atoms with E-state index >= 15 is 0 Å². The lowest BCUT2D eigenvalue weighted by Gasteiger charge is -2.34. The molecule has 8 heteroatoms. The van der Waals surface area contributed by atoms with E-state index in [4.69, 9.17) is 21.1 Å². The summed E-state index contributed by atoms with van der Waals surface area (Å²) in [6.07, 6.45) is 0.373. The summed E-state index contributed by atoms with van der Waals surface area (Å²) in [5, 5.41) is 21.5. The van der Waals surface area contributed by atoms with Crippen molar-refractivity contribution in [2.24, 2.45) is 0 Å². The van der Waals surface area contributed by atoms with Crippen molar-refractivity contribution in [2.75, 3.05) is 13.2 Å². The summed E-state index contributed by atoms with van der Waals surface area (Å²) in [5.41, 5.74) is 0.711. The molecule has 2 N–H and O–H groups in total. The standard InChI is InChI=1S/C27H31ClN2O5/c1-27(2,3)35-26(33)30(17-24(32)20-7-6-8-21(28)16-20)22(18-31)15-19-10-12-23(13-11-19)34-25-9-4-5-14-29-25/h4-14,16,22,24,31-32H,15,17-18H2,1-3H3/t22?,24-/m0/s1. The van der Waals surface area contributed by atoms with E-state index in [2.05, 4.69) is 4.98 Å². The van der Waals surface area contributed by atoms with Crippen LogP contribution in [0.15, 0.2) is 72.9 Å². The third-order valence-corrected chi connectivity index (χ3v) is 5.37. The third kappa shape index (κ3) is 8.24. The molecule has 3 rings (SSSR count). The number of amides is 1. The molecule has 35 heavy (non-hydrogen) atoms. The minimum absolute atomic E-state index is 0.0681. The second-order valence-electron chi connectivity index (χ2n) is 9.16. The maximum absolute atomic E-state index is 13.1. The van der Waals surface area contributed by atoms with Crippen molar-refractivity contribution >= 4 is 17.7 Å². The highest BCUT2D eigenvalue weighted by atomic mass is 35.5. The SMILES string of the molecule is CC(C)(C)OC(=O)N(C[C@H](O)c1cccc(Cl)c1)C(CO)Cc1ccc(Oc2ccccn2)cc1. The van der Waals surface area contributed by atoms with E-state index in [1.54, 1.807) is 69.4 Å². The van der Waals surface area contributed by atoms with Gasteiger partial charge in [0.25, 0.3) is 0 Å². The highest BCUT2D eigenvalue weighted by Crippen LogP contribution is 2.24. The van der Waals surface area contributed by atoms with Gasteiger partial charge in [0.2, 0.25) is 5.88 Å². The first-order valence-corrected chi connectivity index (χ1v) is 11.7. The van der Waals surface area contributed by atoms with Gasteiger partial charge in [-0.05, 0) is 68.7 Å². The molecular formula is C27H31ClN2O5. The molecule has 0 fully saturated rings. The van der Waals surface area contributed by atoms with E-state index in [-0.39, 0.29) is 13.2 Å². The van der Waals surface area contributed by atoms with E-state index < -0.39 is 23.8 Å². The molecule has 2 aromatic carbocycles. The molecule has 1 heterocycles. The lowest BCUT2D eigenvalue weighted by molar-refractivity contribution is -0.00373. The van der Waals surface area contributed by atoms with Crippen molar-refractivity contribution in [1.82, 2.24) is 9.88 Å². The van der Waals surface area contributed by atoms with Gasteiger partial charge in [0.1, 0.15) is 11.4 Å². The molecule has 186 valence electrons. The quantitative estimate of drug-likeness (QED) is 0.410. The van der Waals surface area contributed by atoms with Gasteiger partial charge in [-0.15, -0.1) is 0 Å². The number of benzene rings is 2. The first-order valence-electron chi connectivity index (χ1n) is 11.4. The fraction of sp³-hybridized carbons (Fsp3) is 0.333. The second-order valence-corrected chi connectivity index (χ2v) is 9.59. The molecule has 0 aliphatic carbocycles. The first-order chi connectivity index (χ1) is 16.6. The summed E-state index contributed by atoms with van der Waals surface area (Å²) in [6.45, 7) is 4.93. The average Bonchev–Trinajstić information content (AvgIpc) is 2.81. The van der Waals surface area contributed by atoms with Crippen molar-refractivity contribution < 1.29 is 24.5 Å². The number of carbonyl (C=O) groups is 1. The molecule has 1 amide bonds. The Bertz CT molecular complexity index is 1090. The van der Waals surface area contributed by atoms with Crippen LogP contribution in [0.3, 0.4) is 0 Å². The molecule has 7 nitrogen and oxygen atoms in total. The van der Waals surface area contributed by atoms with Crippen LogP contribution in [0.2, 0.25) is 5.02 Å². The average molecular weight is 499 g/mol. The lowest BCUT2D eigenvalue weighted by atomic mass is 10.0. The Labute approximate surface area is 210 Å². The number of rotatable bonds is 9. The van der Waals surface area contributed by atoms with Crippen LogP contribution in [0.25, 0.3) is 0 Å². The number of aromatic nitrogens is 1. The summed E-state index contributed by atoms with van der Waals surface area (Å²) < 4.78 is 11.3. The number of halogens is 1. The fourth-order valence-electron chi connectivity index (χ4n) is 3.47. The van der Waals surface area contributed by atoms with Gasteiger partial charge in [-0.1, -0.05) is 41.9 Å². The Morgan fingerprint density at radius 3 is 2.43 bits per heavy atom. The number of nitrogens with zero attached hydrogens (tertiary/aromatic N) is 2. The summed E-state index contributed by atoms with van der Waals surface area (Å²) in [6, 6.07) is 18.9. The maximum atomic E-state index is 13.1. The highest BCUT2D eigenvalue weighted by molar-refractivity contribution is 6.30. The number of carbonyl (C=O) groups excluding carboxylic acids is 1. The predicted molar refractivity (Wildman–Crippen MR) is 135 cm³/mol. The molecule has 0 saturated heterocycles. The Balaban J connectivity index is 1.77. The van der Waals surface area contributed by atoms with Crippen LogP contribution in [0.5, 0.6) is 11.6 Å². The van der Waals surface area contributed by atoms with Gasteiger partial charge >= 0.3 is 6.09 Å². The summed E-state index contributed by atoms with van der Waals surface area (Å²) in [7, 11) is 0. The van der Waals surface area contributed by atoms with Crippen LogP contribution >= 0.6 is 11.6 Å². The molecule has 0 aliphatic heterocycles. The van der Waals surface area contributed by atoms with Crippen molar-refractivity contribution in [3.8, 4) is 11.6 Å². The van der Waals surface area contributed by atoms with Gasteiger partial charge in [-0.2, -0.15) is 0 Å². The van der Waals surface area contributed by atoms with Crippen molar-refractivity contribution in [3.05, 3.63) is 89.1 Å². The van der Waals surface area contributed by atoms with Crippen LogP contribution in [-0.2, 0) is 11.2 Å². The molecule has 2 atom stereocenters. The van der Waals surface area contributed by atoms with E-state index in [0.717, 1.165) is 5.56 Å².